The second-order valence-electron chi connectivity index (χ2n) is 4.56. The highest BCUT2D eigenvalue weighted by Gasteiger charge is 2.03. The van der Waals surface area contributed by atoms with Crippen molar-refractivity contribution in [3.8, 4) is 0 Å². The highest BCUT2D eigenvalue weighted by atomic mass is 19.1. The first-order valence-electron chi connectivity index (χ1n) is 6.27. The van der Waals surface area contributed by atoms with Gasteiger partial charge in [0.25, 0.3) is 0 Å². The molecule has 0 aliphatic rings. The van der Waals surface area contributed by atoms with Crippen molar-refractivity contribution in [2.75, 3.05) is 26.7 Å². The van der Waals surface area contributed by atoms with Gasteiger partial charge in [0.05, 0.1) is 0 Å². The highest BCUT2D eigenvalue weighted by Crippen LogP contribution is 2.11. The van der Waals surface area contributed by atoms with E-state index in [1.54, 1.807) is 6.07 Å². The summed E-state index contributed by atoms with van der Waals surface area (Å²) in [6.45, 7) is 8.09. The van der Waals surface area contributed by atoms with Gasteiger partial charge < -0.3 is 10.2 Å². The minimum absolute atomic E-state index is 0.154. The Hall–Kier alpha value is -0.930. The van der Waals surface area contributed by atoms with Gasteiger partial charge in [0.15, 0.2) is 0 Å². The van der Waals surface area contributed by atoms with E-state index in [0.29, 0.717) is 0 Å². The fourth-order valence-corrected chi connectivity index (χ4v) is 1.78. The van der Waals surface area contributed by atoms with E-state index in [9.17, 15) is 4.39 Å². The summed E-state index contributed by atoms with van der Waals surface area (Å²) in [4.78, 5) is 2.25. The van der Waals surface area contributed by atoms with E-state index < -0.39 is 0 Å². The first kappa shape index (κ1) is 14.1. The van der Waals surface area contributed by atoms with Gasteiger partial charge in [-0.2, -0.15) is 0 Å². The molecule has 0 amide bonds. The number of halogens is 1. The smallest absolute Gasteiger partial charge is 0.123 e. The lowest BCUT2D eigenvalue weighted by atomic mass is 10.1. The van der Waals surface area contributed by atoms with Crippen LogP contribution in [0.5, 0.6) is 0 Å². The molecular weight excluding hydrogens is 215 g/mol. The van der Waals surface area contributed by atoms with Crippen molar-refractivity contribution in [3.63, 3.8) is 0 Å². The van der Waals surface area contributed by atoms with E-state index in [4.69, 9.17) is 0 Å². The fraction of sp³-hybridized carbons (Fsp3) is 0.571. The van der Waals surface area contributed by atoms with Gasteiger partial charge in [-0.25, -0.2) is 4.39 Å². The summed E-state index contributed by atoms with van der Waals surface area (Å²) in [5.74, 6) is -0.154. The Morgan fingerprint density at radius 1 is 1.29 bits per heavy atom. The molecule has 17 heavy (non-hydrogen) atoms. The van der Waals surface area contributed by atoms with Gasteiger partial charge >= 0.3 is 0 Å². The monoisotopic (exact) mass is 238 g/mol. The number of rotatable bonds is 7. The van der Waals surface area contributed by atoms with Crippen molar-refractivity contribution in [3.05, 3.63) is 35.1 Å². The van der Waals surface area contributed by atoms with Crippen molar-refractivity contribution in [2.24, 2.45) is 0 Å². The standard InChI is InChI=1S/C14H23FN2/c1-4-7-16-8-9-17(3)11-13-5-6-14(15)10-12(13)2/h5-6,10,16H,4,7-9,11H2,1-3H3. The Morgan fingerprint density at radius 3 is 2.71 bits per heavy atom. The van der Waals surface area contributed by atoms with Crippen molar-refractivity contribution >= 4 is 0 Å². The number of nitrogens with zero attached hydrogens (tertiary/aromatic N) is 1. The van der Waals surface area contributed by atoms with Crippen molar-refractivity contribution < 1.29 is 4.39 Å². The molecule has 1 aromatic rings. The van der Waals surface area contributed by atoms with Crippen molar-refractivity contribution in [2.45, 2.75) is 26.8 Å². The molecule has 2 nitrogen and oxygen atoms in total. The van der Waals surface area contributed by atoms with Gasteiger partial charge in [0.1, 0.15) is 5.82 Å². The molecule has 1 rings (SSSR count). The lowest BCUT2D eigenvalue weighted by Gasteiger charge is -2.18. The van der Waals surface area contributed by atoms with E-state index in [2.05, 4.69) is 24.2 Å². The molecule has 3 heteroatoms. The summed E-state index contributed by atoms with van der Waals surface area (Å²) in [6.07, 6.45) is 1.17. The molecule has 0 heterocycles. The summed E-state index contributed by atoms with van der Waals surface area (Å²) in [6, 6.07) is 5.00. The van der Waals surface area contributed by atoms with Crippen LogP contribution in [0.15, 0.2) is 18.2 Å². The normalized spacial score (nSPS) is 11.1. The van der Waals surface area contributed by atoms with Crippen molar-refractivity contribution in [1.82, 2.24) is 10.2 Å². The summed E-state index contributed by atoms with van der Waals surface area (Å²) < 4.78 is 12.9. The third-order valence-electron chi connectivity index (χ3n) is 2.84. The Labute approximate surface area is 104 Å². The SMILES string of the molecule is CCCNCCN(C)Cc1ccc(F)cc1C. The zero-order valence-corrected chi connectivity index (χ0v) is 11.1. The summed E-state index contributed by atoms with van der Waals surface area (Å²) in [7, 11) is 2.09. The molecule has 0 fully saturated rings. The molecule has 0 aromatic heterocycles. The zero-order chi connectivity index (χ0) is 12.7. The Balaban J connectivity index is 2.37. The molecule has 0 unspecified atom stereocenters. The maximum absolute atomic E-state index is 12.9. The first-order valence-corrected chi connectivity index (χ1v) is 6.27. The van der Waals surface area contributed by atoms with Gasteiger partial charge in [-0.05, 0) is 50.2 Å². The quantitative estimate of drug-likeness (QED) is 0.734. The summed E-state index contributed by atoms with van der Waals surface area (Å²) >= 11 is 0. The molecule has 96 valence electrons. The molecule has 0 aliphatic carbocycles. The van der Waals surface area contributed by atoms with Crippen LogP contribution >= 0.6 is 0 Å². The van der Waals surface area contributed by atoms with E-state index in [-0.39, 0.29) is 5.82 Å². The van der Waals surface area contributed by atoms with E-state index in [0.717, 1.165) is 31.7 Å². The zero-order valence-electron chi connectivity index (χ0n) is 11.1. The molecule has 0 aliphatic heterocycles. The average molecular weight is 238 g/mol. The molecule has 0 radical (unpaired) electrons. The topological polar surface area (TPSA) is 15.3 Å². The molecule has 0 saturated carbocycles. The Kier molecular flexibility index (Phi) is 6.16. The van der Waals surface area contributed by atoms with Gasteiger partial charge in [-0.3, -0.25) is 0 Å². The van der Waals surface area contributed by atoms with Gasteiger partial charge in [0, 0.05) is 19.6 Å². The minimum atomic E-state index is -0.154. The van der Waals surface area contributed by atoms with E-state index in [1.807, 2.05) is 13.0 Å². The largest absolute Gasteiger partial charge is 0.315 e. The maximum Gasteiger partial charge on any atom is 0.123 e. The Bertz CT molecular complexity index is 339. The third-order valence-corrected chi connectivity index (χ3v) is 2.84. The maximum atomic E-state index is 12.9. The third kappa shape index (κ3) is 5.29. The number of likely N-dealkylation sites (N-methyl/N-ethyl adjacent to an activating group) is 1. The summed E-state index contributed by atoms with van der Waals surface area (Å²) in [5.41, 5.74) is 2.22. The molecule has 0 spiro atoms. The predicted molar refractivity (Wildman–Crippen MR) is 70.6 cm³/mol. The molecule has 0 saturated heterocycles. The molecule has 0 atom stereocenters. The predicted octanol–water partition coefficient (Wildman–Crippen LogP) is 2.57. The van der Waals surface area contributed by atoms with Crippen molar-refractivity contribution in [1.29, 1.82) is 0 Å². The molecule has 1 aromatic carbocycles. The average Bonchev–Trinajstić information content (AvgIpc) is 2.28. The first-order chi connectivity index (χ1) is 8.13. The van der Waals surface area contributed by atoms with E-state index >= 15 is 0 Å². The van der Waals surface area contributed by atoms with Crippen LogP contribution in [-0.4, -0.2) is 31.6 Å². The number of hydrogen-bond acceptors (Lipinski definition) is 2. The Morgan fingerprint density at radius 2 is 2.06 bits per heavy atom. The van der Waals surface area contributed by atoms with Crippen LogP contribution in [0, 0.1) is 12.7 Å². The van der Waals surface area contributed by atoms with Crippen LogP contribution in [0.2, 0.25) is 0 Å². The van der Waals surface area contributed by atoms with Crippen LogP contribution in [0.1, 0.15) is 24.5 Å². The lowest BCUT2D eigenvalue weighted by molar-refractivity contribution is 0.324. The second kappa shape index (κ2) is 7.41. The van der Waals surface area contributed by atoms with E-state index in [1.165, 1.54) is 18.1 Å². The number of aryl methyl sites for hydroxylation is 1. The lowest BCUT2D eigenvalue weighted by Crippen LogP contribution is -2.29. The fourth-order valence-electron chi connectivity index (χ4n) is 1.78. The van der Waals surface area contributed by atoms with Gasteiger partial charge in [0.2, 0.25) is 0 Å². The van der Waals surface area contributed by atoms with Crippen LogP contribution in [-0.2, 0) is 6.54 Å². The molecule has 0 bridgehead atoms. The highest BCUT2D eigenvalue weighted by molar-refractivity contribution is 5.26. The molecule has 1 N–H and O–H groups in total. The van der Waals surface area contributed by atoms with Crippen LogP contribution in [0.3, 0.4) is 0 Å². The number of nitrogens with one attached hydrogen (secondary N) is 1. The van der Waals surface area contributed by atoms with Crippen LogP contribution in [0.25, 0.3) is 0 Å². The van der Waals surface area contributed by atoms with Crippen LogP contribution in [0.4, 0.5) is 4.39 Å². The van der Waals surface area contributed by atoms with Crippen LogP contribution < -0.4 is 5.32 Å². The van der Waals surface area contributed by atoms with Gasteiger partial charge in [-0.1, -0.05) is 13.0 Å². The second-order valence-corrected chi connectivity index (χ2v) is 4.56. The van der Waals surface area contributed by atoms with Gasteiger partial charge in [-0.15, -0.1) is 0 Å². The number of hydrogen-bond donors (Lipinski definition) is 1. The summed E-state index contributed by atoms with van der Waals surface area (Å²) in [5, 5.41) is 3.37. The number of benzene rings is 1. The molecular formula is C14H23FN2. The minimum Gasteiger partial charge on any atom is -0.315 e.